The van der Waals surface area contributed by atoms with Crippen LogP contribution in [0.1, 0.15) is 55.4 Å². The molecule has 0 saturated heterocycles. The van der Waals surface area contributed by atoms with E-state index >= 15 is 0 Å². The smallest absolute Gasteiger partial charge is 0.408 e. The average molecular weight is 334 g/mol. The van der Waals surface area contributed by atoms with E-state index in [1.807, 2.05) is 20.8 Å². The Balaban J connectivity index is 5.19. The molecule has 6 heteroatoms. The molecule has 0 aliphatic carbocycles. The van der Waals surface area contributed by atoms with Crippen LogP contribution in [-0.2, 0) is 4.43 Å². The second-order valence-corrected chi connectivity index (χ2v) is 13.7. The number of hydrogen-bond acceptors (Lipinski definition) is 3. The molecule has 0 fully saturated rings. The minimum Gasteiger partial charge on any atom is -0.465 e. The largest absolute Gasteiger partial charge is 0.465 e. The van der Waals surface area contributed by atoms with E-state index in [4.69, 9.17) is 4.43 Å². The highest BCUT2D eigenvalue weighted by Crippen LogP contribution is 2.37. The summed E-state index contributed by atoms with van der Waals surface area (Å²) in [7, 11) is -1.99. The van der Waals surface area contributed by atoms with Gasteiger partial charge in [-0.15, -0.1) is 0 Å². The van der Waals surface area contributed by atoms with Crippen LogP contribution in [0.2, 0.25) is 18.1 Å². The molecule has 0 saturated carbocycles. The molecule has 0 aromatic carbocycles. The van der Waals surface area contributed by atoms with E-state index in [-0.39, 0.29) is 11.6 Å². The molecule has 0 rings (SSSR count). The van der Waals surface area contributed by atoms with E-state index < -0.39 is 31.6 Å². The summed E-state index contributed by atoms with van der Waals surface area (Å²) in [6, 6.07) is -0.574. The SMILES string of the molecule is CC(N(C(=O)O)C(C)(C)C)C(C)(O)CO[Si](C)(C)C(C)(C)C. The molecule has 0 spiro atoms. The summed E-state index contributed by atoms with van der Waals surface area (Å²) in [5.74, 6) is 0. The third-order valence-corrected chi connectivity index (χ3v) is 9.23. The fourth-order valence-corrected chi connectivity index (χ4v) is 3.06. The summed E-state index contributed by atoms with van der Waals surface area (Å²) in [6.45, 7) is 19.6. The van der Waals surface area contributed by atoms with Crippen molar-refractivity contribution in [2.24, 2.45) is 0 Å². The highest BCUT2D eigenvalue weighted by molar-refractivity contribution is 6.74. The van der Waals surface area contributed by atoms with Crippen molar-refractivity contribution in [3.63, 3.8) is 0 Å². The molecule has 1 amide bonds. The van der Waals surface area contributed by atoms with Gasteiger partial charge in [-0.2, -0.15) is 0 Å². The molecule has 0 aromatic heterocycles. The first kappa shape index (κ1) is 21.4. The Morgan fingerprint density at radius 1 is 1.14 bits per heavy atom. The lowest BCUT2D eigenvalue weighted by atomic mass is 9.93. The molecule has 0 bridgehead atoms. The fourth-order valence-electron chi connectivity index (χ4n) is 1.98. The molecule has 0 radical (unpaired) electrons. The fraction of sp³-hybridized carbons (Fsp3) is 0.938. The molecule has 0 aliphatic heterocycles. The molecule has 132 valence electrons. The molecule has 22 heavy (non-hydrogen) atoms. The zero-order chi connectivity index (χ0) is 18.1. The van der Waals surface area contributed by atoms with Crippen molar-refractivity contribution in [3.05, 3.63) is 0 Å². The first-order chi connectivity index (χ1) is 9.43. The summed E-state index contributed by atoms with van der Waals surface area (Å²) in [5, 5.41) is 20.3. The molecule has 0 heterocycles. The number of nitrogens with zero attached hydrogens (tertiary/aromatic N) is 1. The predicted molar refractivity (Wildman–Crippen MR) is 92.9 cm³/mol. The van der Waals surface area contributed by atoms with Crippen molar-refractivity contribution in [1.29, 1.82) is 0 Å². The zero-order valence-electron chi connectivity index (χ0n) is 15.9. The van der Waals surface area contributed by atoms with Crippen molar-refractivity contribution in [2.45, 2.75) is 90.7 Å². The van der Waals surface area contributed by atoms with Gasteiger partial charge in [0.1, 0.15) is 5.60 Å². The van der Waals surface area contributed by atoms with Crippen LogP contribution >= 0.6 is 0 Å². The average Bonchev–Trinajstić information content (AvgIpc) is 2.22. The standard InChI is InChI=1S/C16H35NO4Si/c1-12(17(13(18)19)14(2,3)4)16(8,20)11-21-22(9,10)15(5,6)7/h12,20H,11H2,1-10H3,(H,18,19). The summed E-state index contributed by atoms with van der Waals surface area (Å²) >= 11 is 0. The normalized spacial score (nSPS) is 17.8. The lowest BCUT2D eigenvalue weighted by Crippen LogP contribution is -2.60. The molecule has 2 unspecified atom stereocenters. The topological polar surface area (TPSA) is 70.0 Å². The summed E-state index contributed by atoms with van der Waals surface area (Å²) in [6.07, 6.45) is -1.03. The highest BCUT2D eigenvalue weighted by atomic mass is 28.4. The van der Waals surface area contributed by atoms with Gasteiger partial charge >= 0.3 is 6.09 Å². The van der Waals surface area contributed by atoms with Crippen molar-refractivity contribution in [3.8, 4) is 0 Å². The van der Waals surface area contributed by atoms with Crippen LogP contribution in [0.15, 0.2) is 0 Å². The summed E-state index contributed by atoms with van der Waals surface area (Å²) in [4.78, 5) is 12.9. The van der Waals surface area contributed by atoms with E-state index in [9.17, 15) is 15.0 Å². The quantitative estimate of drug-likeness (QED) is 0.748. The van der Waals surface area contributed by atoms with Crippen LogP contribution in [-0.4, -0.2) is 53.3 Å². The maximum absolute atomic E-state index is 11.6. The van der Waals surface area contributed by atoms with Gasteiger partial charge in [0.05, 0.1) is 12.6 Å². The van der Waals surface area contributed by atoms with Crippen LogP contribution in [0.3, 0.4) is 0 Å². The Labute approximate surface area is 136 Å². The Hall–Kier alpha value is -0.593. The predicted octanol–water partition coefficient (Wildman–Crippen LogP) is 3.93. The monoisotopic (exact) mass is 333 g/mol. The van der Waals surface area contributed by atoms with E-state index in [1.54, 1.807) is 13.8 Å². The van der Waals surface area contributed by atoms with Gasteiger partial charge in [0.2, 0.25) is 0 Å². The van der Waals surface area contributed by atoms with Crippen molar-refractivity contribution < 1.29 is 19.4 Å². The van der Waals surface area contributed by atoms with Crippen LogP contribution in [0.25, 0.3) is 0 Å². The molecular weight excluding hydrogens is 298 g/mol. The minimum atomic E-state index is -1.99. The van der Waals surface area contributed by atoms with Crippen molar-refractivity contribution in [2.75, 3.05) is 6.61 Å². The van der Waals surface area contributed by atoms with Crippen LogP contribution in [0.4, 0.5) is 4.79 Å². The lowest BCUT2D eigenvalue weighted by Gasteiger charge is -2.46. The third-order valence-electron chi connectivity index (χ3n) is 4.75. The maximum Gasteiger partial charge on any atom is 0.408 e. The molecule has 5 nitrogen and oxygen atoms in total. The van der Waals surface area contributed by atoms with Gasteiger partial charge in [-0.3, -0.25) is 4.90 Å². The minimum absolute atomic E-state index is 0.0445. The van der Waals surface area contributed by atoms with Gasteiger partial charge in [0.15, 0.2) is 8.32 Å². The molecule has 2 N–H and O–H groups in total. The van der Waals surface area contributed by atoms with Gasteiger partial charge in [0.25, 0.3) is 0 Å². The molecular formula is C16H35NO4Si. The second kappa shape index (κ2) is 6.49. The Morgan fingerprint density at radius 3 is 1.82 bits per heavy atom. The van der Waals surface area contributed by atoms with Gasteiger partial charge < -0.3 is 14.6 Å². The number of carbonyl (C=O) groups is 1. The van der Waals surface area contributed by atoms with E-state index in [2.05, 4.69) is 33.9 Å². The highest BCUT2D eigenvalue weighted by Gasteiger charge is 2.44. The first-order valence-electron chi connectivity index (χ1n) is 7.82. The maximum atomic E-state index is 11.6. The Bertz CT molecular complexity index is 394. The van der Waals surface area contributed by atoms with Crippen LogP contribution < -0.4 is 0 Å². The molecule has 0 aromatic rings. The van der Waals surface area contributed by atoms with Crippen molar-refractivity contribution >= 4 is 14.4 Å². The first-order valence-corrected chi connectivity index (χ1v) is 10.7. The molecule has 2 atom stereocenters. The van der Waals surface area contributed by atoms with Gasteiger partial charge in [-0.1, -0.05) is 20.8 Å². The number of amides is 1. The van der Waals surface area contributed by atoms with Gasteiger partial charge in [0, 0.05) is 5.54 Å². The number of aliphatic hydroxyl groups is 1. The van der Waals surface area contributed by atoms with E-state index in [1.165, 1.54) is 4.90 Å². The van der Waals surface area contributed by atoms with Crippen LogP contribution in [0.5, 0.6) is 0 Å². The second-order valence-electron chi connectivity index (χ2n) is 8.91. The number of carboxylic acid groups (broad SMARTS) is 1. The summed E-state index contributed by atoms with van der Waals surface area (Å²) < 4.78 is 6.09. The Morgan fingerprint density at radius 2 is 1.55 bits per heavy atom. The number of rotatable bonds is 5. The molecule has 0 aliphatic rings. The zero-order valence-corrected chi connectivity index (χ0v) is 16.9. The van der Waals surface area contributed by atoms with Gasteiger partial charge in [-0.05, 0) is 52.8 Å². The number of hydrogen-bond donors (Lipinski definition) is 2. The van der Waals surface area contributed by atoms with E-state index in [0.717, 1.165) is 0 Å². The lowest BCUT2D eigenvalue weighted by molar-refractivity contribution is -0.0718. The van der Waals surface area contributed by atoms with Gasteiger partial charge in [-0.25, -0.2) is 4.79 Å². The van der Waals surface area contributed by atoms with E-state index in [0.29, 0.717) is 0 Å². The Kier molecular flexibility index (Phi) is 6.32. The summed E-state index contributed by atoms with van der Waals surface area (Å²) in [5.41, 5.74) is -1.84. The third kappa shape index (κ3) is 5.24. The van der Waals surface area contributed by atoms with Crippen molar-refractivity contribution in [1.82, 2.24) is 4.90 Å². The van der Waals surface area contributed by atoms with Crippen LogP contribution in [0, 0.1) is 0 Å².